The Balaban J connectivity index is 2.03. The van der Waals surface area contributed by atoms with Crippen LogP contribution in [0.5, 0.6) is 0 Å². The van der Waals surface area contributed by atoms with E-state index in [0.717, 1.165) is 12.3 Å². The lowest BCUT2D eigenvalue weighted by Crippen LogP contribution is -2.22. The maximum atomic E-state index is 13.8. The van der Waals surface area contributed by atoms with Crippen molar-refractivity contribution < 1.29 is 13.6 Å². The number of anilines is 1. The Kier molecular flexibility index (Phi) is 3.83. The van der Waals surface area contributed by atoms with E-state index in [9.17, 15) is 18.4 Å². The van der Waals surface area contributed by atoms with Gasteiger partial charge in [0.05, 0.1) is 10.9 Å². The first-order chi connectivity index (χ1) is 11.0. The van der Waals surface area contributed by atoms with Gasteiger partial charge in [-0.25, -0.2) is 8.78 Å². The van der Waals surface area contributed by atoms with E-state index >= 15 is 0 Å². The van der Waals surface area contributed by atoms with Crippen molar-refractivity contribution >= 4 is 34.1 Å². The molecule has 0 atom stereocenters. The first-order valence-corrected chi connectivity index (χ1v) is 6.91. The third-order valence-corrected chi connectivity index (χ3v) is 3.50. The SMILES string of the molecule is O=C(Nc1ccc(Cl)cc1)c1c[nH]c2cc(F)cc(F)c2c1=O. The first kappa shape index (κ1) is 15.2. The van der Waals surface area contributed by atoms with E-state index < -0.39 is 23.0 Å². The maximum absolute atomic E-state index is 13.8. The Morgan fingerprint density at radius 1 is 1.13 bits per heavy atom. The number of pyridine rings is 1. The Hall–Kier alpha value is -2.73. The van der Waals surface area contributed by atoms with Crippen LogP contribution in [-0.4, -0.2) is 10.9 Å². The molecular weight excluding hydrogens is 326 g/mol. The summed E-state index contributed by atoms with van der Waals surface area (Å²) in [6.07, 6.45) is 1.12. The molecule has 1 amide bonds. The summed E-state index contributed by atoms with van der Waals surface area (Å²) in [5.74, 6) is -2.55. The zero-order valence-corrected chi connectivity index (χ0v) is 12.2. The summed E-state index contributed by atoms with van der Waals surface area (Å²) in [6.45, 7) is 0. The van der Waals surface area contributed by atoms with E-state index in [1.54, 1.807) is 24.3 Å². The van der Waals surface area contributed by atoms with Gasteiger partial charge in [0.2, 0.25) is 5.43 Å². The van der Waals surface area contributed by atoms with E-state index in [1.807, 2.05) is 0 Å². The molecule has 0 fully saturated rings. The molecule has 0 aliphatic rings. The van der Waals surface area contributed by atoms with Crippen molar-refractivity contribution in [1.29, 1.82) is 0 Å². The van der Waals surface area contributed by atoms with Gasteiger partial charge >= 0.3 is 0 Å². The smallest absolute Gasteiger partial charge is 0.261 e. The van der Waals surface area contributed by atoms with Crippen LogP contribution in [0.4, 0.5) is 14.5 Å². The predicted octanol–water partition coefficient (Wildman–Crippen LogP) is 3.71. The molecule has 2 N–H and O–H groups in total. The van der Waals surface area contributed by atoms with Crippen molar-refractivity contribution in [2.24, 2.45) is 0 Å². The molecule has 0 bridgehead atoms. The molecule has 4 nitrogen and oxygen atoms in total. The molecule has 23 heavy (non-hydrogen) atoms. The fourth-order valence-corrected chi connectivity index (χ4v) is 2.29. The lowest BCUT2D eigenvalue weighted by Gasteiger charge is -2.06. The van der Waals surface area contributed by atoms with Crippen molar-refractivity contribution in [2.45, 2.75) is 0 Å². The van der Waals surface area contributed by atoms with Crippen LogP contribution < -0.4 is 10.7 Å². The minimum atomic E-state index is -1.03. The fraction of sp³-hybridized carbons (Fsp3) is 0. The molecule has 0 aliphatic carbocycles. The van der Waals surface area contributed by atoms with Crippen LogP contribution in [0, 0.1) is 11.6 Å². The van der Waals surface area contributed by atoms with Gasteiger partial charge < -0.3 is 10.3 Å². The Bertz CT molecular complexity index is 968. The second-order valence-electron chi connectivity index (χ2n) is 4.80. The van der Waals surface area contributed by atoms with Gasteiger partial charge in [0.25, 0.3) is 5.91 Å². The molecular formula is C16H9ClF2N2O2. The third-order valence-electron chi connectivity index (χ3n) is 3.25. The predicted molar refractivity (Wildman–Crippen MR) is 83.9 cm³/mol. The summed E-state index contributed by atoms with van der Waals surface area (Å²) >= 11 is 5.75. The fourth-order valence-electron chi connectivity index (χ4n) is 2.17. The van der Waals surface area contributed by atoms with Crippen molar-refractivity contribution in [1.82, 2.24) is 4.98 Å². The summed E-state index contributed by atoms with van der Waals surface area (Å²) < 4.78 is 27.0. The van der Waals surface area contributed by atoms with Gasteiger partial charge in [-0.05, 0) is 30.3 Å². The molecule has 1 heterocycles. The van der Waals surface area contributed by atoms with Gasteiger partial charge in [0.1, 0.15) is 17.2 Å². The normalized spacial score (nSPS) is 10.7. The number of rotatable bonds is 2. The monoisotopic (exact) mass is 334 g/mol. The van der Waals surface area contributed by atoms with E-state index in [4.69, 9.17) is 11.6 Å². The highest BCUT2D eigenvalue weighted by atomic mass is 35.5. The number of carbonyl (C=O) groups is 1. The summed E-state index contributed by atoms with van der Waals surface area (Å²) in [6, 6.07) is 7.85. The number of hydrogen-bond acceptors (Lipinski definition) is 2. The largest absolute Gasteiger partial charge is 0.360 e. The molecule has 0 radical (unpaired) electrons. The average molecular weight is 335 g/mol. The van der Waals surface area contributed by atoms with Crippen LogP contribution in [0.2, 0.25) is 5.02 Å². The summed E-state index contributed by atoms with van der Waals surface area (Å²) in [4.78, 5) is 27.0. The lowest BCUT2D eigenvalue weighted by atomic mass is 10.1. The highest BCUT2D eigenvalue weighted by molar-refractivity contribution is 6.30. The molecule has 1 aromatic heterocycles. The minimum Gasteiger partial charge on any atom is -0.360 e. The molecule has 0 aliphatic heterocycles. The minimum absolute atomic E-state index is 0.0180. The quantitative estimate of drug-likeness (QED) is 0.750. The van der Waals surface area contributed by atoms with Gasteiger partial charge in [-0.2, -0.15) is 0 Å². The number of halogens is 3. The van der Waals surface area contributed by atoms with Crippen LogP contribution in [0.25, 0.3) is 10.9 Å². The van der Waals surface area contributed by atoms with Gasteiger partial charge in [-0.3, -0.25) is 9.59 Å². The van der Waals surface area contributed by atoms with Crippen LogP contribution in [-0.2, 0) is 0 Å². The van der Waals surface area contributed by atoms with Crippen molar-refractivity contribution in [3.05, 3.63) is 75.0 Å². The Labute approximate surface area is 133 Å². The molecule has 2 aromatic carbocycles. The highest BCUT2D eigenvalue weighted by Crippen LogP contribution is 2.17. The zero-order valence-electron chi connectivity index (χ0n) is 11.5. The van der Waals surface area contributed by atoms with Crippen LogP contribution in [0.3, 0.4) is 0 Å². The number of aromatic amines is 1. The lowest BCUT2D eigenvalue weighted by molar-refractivity contribution is 0.102. The van der Waals surface area contributed by atoms with Crippen LogP contribution in [0.1, 0.15) is 10.4 Å². The van der Waals surface area contributed by atoms with Gasteiger partial charge in [0.15, 0.2) is 0 Å². The van der Waals surface area contributed by atoms with Crippen molar-refractivity contribution in [3.8, 4) is 0 Å². The number of amides is 1. The number of H-pyrrole nitrogens is 1. The third kappa shape index (κ3) is 2.93. The molecule has 3 rings (SSSR count). The molecule has 0 saturated carbocycles. The molecule has 0 unspecified atom stereocenters. The Morgan fingerprint density at radius 2 is 1.83 bits per heavy atom. The van der Waals surface area contributed by atoms with E-state index in [2.05, 4.69) is 10.3 Å². The number of carbonyl (C=O) groups excluding carboxylic acids is 1. The summed E-state index contributed by atoms with van der Waals surface area (Å²) in [7, 11) is 0. The number of benzene rings is 2. The average Bonchev–Trinajstić information content (AvgIpc) is 2.49. The van der Waals surface area contributed by atoms with Crippen molar-refractivity contribution in [2.75, 3.05) is 5.32 Å². The van der Waals surface area contributed by atoms with E-state index in [0.29, 0.717) is 16.8 Å². The summed E-state index contributed by atoms with van der Waals surface area (Å²) in [5.41, 5.74) is -0.685. The van der Waals surface area contributed by atoms with E-state index in [1.165, 1.54) is 0 Å². The zero-order chi connectivity index (χ0) is 16.6. The molecule has 3 aromatic rings. The van der Waals surface area contributed by atoms with Gasteiger partial charge in [-0.15, -0.1) is 0 Å². The van der Waals surface area contributed by atoms with Crippen LogP contribution in [0.15, 0.2) is 47.4 Å². The maximum Gasteiger partial charge on any atom is 0.261 e. The number of nitrogens with one attached hydrogen (secondary N) is 2. The molecule has 7 heteroatoms. The second-order valence-corrected chi connectivity index (χ2v) is 5.24. The second kappa shape index (κ2) is 5.81. The first-order valence-electron chi connectivity index (χ1n) is 6.53. The number of fused-ring (bicyclic) bond motifs is 1. The number of aromatic nitrogens is 1. The van der Waals surface area contributed by atoms with Gasteiger partial charge in [-0.1, -0.05) is 11.6 Å². The highest BCUT2D eigenvalue weighted by Gasteiger charge is 2.16. The molecule has 0 spiro atoms. The van der Waals surface area contributed by atoms with E-state index in [-0.39, 0.29) is 16.5 Å². The summed E-state index contributed by atoms with van der Waals surface area (Å²) in [5, 5.41) is 2.64. The molecule has 0 saturated heterocycles. The van der Waals surface area contributed by atoms with Crippen molar-refractivity contribution in [3.63, 3.8) is 0 Å². The Morgan fingerprint density at radius 3 is 2.52 bits per heavy atom. The number of hydrogen-bond donors (Lipinski definition) is 2. The topological polar surface area (TPSA) is 62.0 Å². The molecule has 116 valence electrons. The standard InChI is InChI=1S/C16H9ClF2N2O2/c17-8-1-3-10(4-2-8)21-16(23)11-7-20-13-6-9(18)5-12(19)14(13)15(11)22/h1-7H,(H,20,22)(H,21,23). The van der Waals surface area contributed by atoms with Crippen LogP contribution >= 0.6 is 11.6 Å². The van der Waals surface area contributed by atoms with Gasteiger partial charge in [0, 0.05) is 23.0 Å².